The lowest BCUT2D eigenvalue weighted by Crippen LogP contribution is -2.24. The summed E-state index contributed by atoms with van der Waals surface area (Å²) in [5.74, 6) is 0.161. The molecule has 2 N–H and O–H groups in total. The zero-order chi connectivity index (χ0) is 25.2. The number of thiophene rings is 1. The maximum Gasteiger partial charge on any atom is 0.235 e. The molecule has 5 aromatic rings. The Morgan fingerprint density at radius 1 is 0.947 bits per heavy atom. The van der Waals surface area contributed by atoms with Gasteiger partial charge < -0.3 is 0 Å². The number of aromatic amines is 2. The maximum absolute atomic E-state index is 14.1. The molecular formula is C29H23N7OS. The van der Waals surface area contributed by atoms with E-state index in [9.17, 15) is 4.79 Å². The highest BCUT2D eigenvalue weighted by Gasteiger charge is 2.24. The third-order valence-corrected chi connectivity index (χ3v) is 8.82. The summed E-state index contributed by atoms with van der Waals surface area (Å²) < 4.78 is 2.92. The van der Waals surface area contributed by atoms with Gasteiger partial charge in [-0.15, -0.1) is 11.3 Å². The molecule has 6 heterocycles. The second-order valence-corrected chi connectivity index (χ2v) is 11.1. The van der Waals surface area contributed by atoms with Crippen molar-refractivity contribution in [3.8, 4) is 11.3 Å². The van der Waals surface area contributed by atoms with Crippen LogP contribution in [0.1, 0.15) is 36.9 Å². The highest BCUT2D eigenvalue weighted by atomic mass is 32.1. The van der Waals surface area contributed by atoms with Gasteiger partial charge in [-0.2, -0.15) is 0 Å². The minimum atomic E-state index is 0.0166. The average Bonchev–Trinajstić information content (AvgIpc) is 3.71. The lowest BCUT2D eigenvalue weighted by Gasteiger charge is -2.21. The molecule has 0 amide bonds. The Kier molecular flexibility index (Phi) is 4.75. The van der Waals surface area contributed by atoms with E-state index in [-0.39, 0.29) is 11.8 Å². The Hall–Kier alpha value is -4.37. The van der Waals surface area contributed by atoms with Crippen molar-refractivity contribution in [2.45, 2.75) is 32.1 Å². The van der Waals surface area contributed by atoms with Gasteiger partial charge in [0, 0.05) is 44.7 Å². The van der Waals surface area contributed by atoms with Crippen LogP contribution in [0.25, 0.3) is 64.8 Å². The third-order valence-electron chi connectivity index (χ3n) is 7.71. The molecule has 3 aliphatic rings. The monoisotopic (exact) mass is 517 g/mol. The molecule has 0 radical (unpaired) electrons. The van der Waals surface area contributed by atoms with Crippen LogP contribution >= 0.6 is 11.3 Å². The number of aromatic nitrogens is 7. The number of nitrogens with zero attached hydrogens (tertiary/aromatic N) is 5. The summed E-state index contributed by atoms with van der Waals surface area (Å²) >= 11 is 1.60. The first-order valence-corrected chi connectivity index (χ1v) is 13.8. The molecule has 0 atom stereocenters. The van der Waals surface area contributed by atoms with Gasteiger partial charge in [-0.05, 0) is 43.2 Å². The lowest BCUT2D eigenvalue weighted by atomic mass is 9.88. The van der Waals surface area contributed by atoms with Gasteiger partial charge in [-0.25, -0.2) is 15.0 Å². The standard InChI is InChI=1S/C29H23N7OS/c37-29(16-5-2-1-3-6-16)36-19-11-17(13-30-15-19)18-12-21-26(34-35-27(21)31-14-18)28-32-22-8-4-7-20(25(22)33-28)23-9-10-24(36)38-23/h4,7-16,34H,1-3,5-6H2,(H,31,35). The summed E-state index contributed by atoms with van der Waals surface area (Å²) in [5, 5.41) is 9.18. The Bertz CT molecular complexity index is 2060. The van der Waals surface area contributed by atoms with Gasteiger partial charge in [0.15, 0.2) is 11.3 Å². The van der Waals surface area contributed by atoms with Gasteiger partial charge in [0.05, 0.1) is 22.7 Å². The van der Waals surface area contributed by atoms with Crippen molar-refractivity contribution < 1.29 is 4.79 Å². The molecule has 4 aromatic heterocycles. The van der Waals surface area contributed by atoms with Gasteiger partial charge in [0.2, 0.25) is 5.91 Å². The van der Waals surface area contributed by atoms with Crippen LogP contribution in [0.3, 0.4) is 0 Å². The number of rotatable bonds is 1. The smallest absolute Gasteiger partial charge is 0.235 e. The third kappa shape index (κ3) is 3.31. The zero-order valence-electron chi connectivity index (χ0n) is 20.4. The normalized spacial score (nSPS) is 14.8. The summed E-state index contributed by atoms with van der Waals surface area (Å²) in [6.07, 6.45) is 10.7. The van der Waals surface area contributed by atoms with Crippen LogP contribution in [0.5, 0.6) is 0 Å². The quantitative estimate of drug-likeness (QED) is 0.244. The van der Waals surface area contributed by atoms with Gasteiger partial charge >= 0.3 is 0 Å². The number of H-pyrrole nitrogens is 2. The first-order chi connectivity index (χ1) is 18.7. The van der Waals surface area contributed by atoms with Crippen LogP contribution in [-0.2, 0) is 0 Å². The fourth-order valence-electron chi connectivity index (χ4n) is 5.77. The molecule has 2 aliphatic heterocycles. The minimum absolute atomic E-state index is 0.0166. The molecule has 38 heavy (non-hydrogen) atoms. The number of fused-ring (bicyclic) bond motifs is 9. The number of nitrogens with one attached hydrogen (secondary N) is 2. The number of hydrogen-bond acceptors (Lipinski definition) is 6. The first kappa shape index (κ1) is 21.7. The summed E-state index contributed by atoms with van der Waals surface area (Å²) in [7, 11) is 0. The van der Waals surface area contributed by atoms with Crippen molar-refractivity contribution in [1.82, 2.24) is 34.7 Å². The Morgan fingerprint density at radius 3 is 2.76 bits per heavy atom. The van der Waals surface area contributed by atoms with E-state index in [0.29, 0.717) is 5.65 Å². The van der Waals surface area contributed by atoms with E-state index in [0.717, 1.165) is 84.8 Å². The SMILES string of the molecule is O=C(C1CCCCC1)n1c2cncc(c2)c2cnc3[nH][nH]c(c4nc5cccc(c6ccc1s6)c5n4)-c3c2. The van der Waals surface area contributed by atoms with Gasteiger partial charge in [0.1, 0.15) is 10.5 Å². The molecule has 186 valence electrons. The van der Waals surface area contributed by atoms with Gasteiger partial charge in [0.25, 0.3) is 0 Å². The fraction of sp³-hybridized carbons (Fsp3) is 0.207. The van der Waals surface area contributed by atoms with Crippen molar-refractivity contribution in [1.29, 1.82) is 0 Å². The molecule has 1 aliphatic carbocycles. The number of benzene rings is 1. The highest BCUT2D eigenvalue weighted by Crippen LogP contribution is 2.33. The van der Waals surface area contributed by atoms with Crippen LogP contribution in [0.2, 0.25) is 0 Å². The van der Waals surface area contributed by atoms with Crippen LogP contribution < -0.4 is 0 Å². The molecule has 1 saturated carbocycles. The van der Waals surface area contributed by atoms with Crippen molar-refractivity contribution in [2.75, 3.05) is 0 Å². The molecule has 8 rings (SSSR count). The molecular weight excluding hydrogens is 494 g/mol. The van der Waals surface area contributed by atoms with E-state index in [1.54, 1.807) is 17.5 Å². The fourth-order valence-corrected chi connectivity index (χ4v) is 6.83. The molecule has 0 saturated heterocycles. The molecule has 9 heteroatoms. The van der Waals surface area contributed by atoms with Crippen LogP contribution in [-0.4, -0.2) is 40.6 Å². The van der Waals surface area contributed by atoms with E-state index in [4.69, 9.17) is 9.97 Å². The van der Waals surface area contributed by atoms with E-state index >= 15 is 0 Å². The van der Waals surface area contributed by atoms with Crippen molar-refractivity contribution in [3.63, 3.8) is 0 Å². The molecule has 8 bridgehead atoms. The number of carbonyl (C=O) groups excluding carboxylic acids is 1. The summed E-state index contributed by atoms with van der Waals surface area (Å²) in [6, 6.07) is 14.3. The first-order valence-electron chi connectivity index (χ1n) is 13.0. The maximum atomic E-state index is 14.1. The topological polar surface area (TPSA) is 105 Å². The Morgan fingerprint density at radius 2 is 1.84 bits per heavy atom. The van der Waals surface area contributed by atoms with E-state index in [1.165, 1.54) is 6.42 Å². The summed E-state index contributed by atoms with van der Waals surface area (Å²) in [6.45, 7) is 0. The van der Waals surface area contributed by atoms with Crippen LogP contribution in [0.15, 0.2) is 61.1 Å². The Balaban J connectivity index is 1.54. The molecule has 8 nitrogen and oxygen atoms in total. The Labute approximate surface area is 220 Å². The molecule has 0 spiro atoms. The average molecular weight is 518 g/mol. The summed E-state index contributed by atoms with van der Waals surface area (Å²) in [5.41, 5.74) is 5.47. The van der Waals surface area contributed by atoms with Gasteiger partial charge in [-0.1, -0.05) is 31.4 Å². The molecule has 1 aromatic carbocycles. The number of imidazole rings is 1. The minimum Gasteiger partial charge on any atom is -0.295 e. The van der Waals surface area contributed by atoms with Crippen molar-refractivity contribution >= 4 is 70.8 Å². The second kappa shape index (κ2) is 8.32. The summed E-state index contributed by atoms with van der Waals surface area (Å²) in [4.78, 5) is 34.0. The van der Waals surface area contributed by atoms with Crippen molar-refractivity contribution in [3.05, 3.63) is 61.1 Å². The predicted molar refractivity (Wildman–Crippen MR) is 151 cm³/mol. The van der Waals surface area contributed by atoms with E-state index < -0.39 is 0 Å². The van der Waals surface area contributed by atoms with E-state index in [2.05, 4.69) is 38.4 Å². The molecule has 0 unspecified atom stereocenters. The number of para-hydroxylation sites is 1. The van der Waals surface area contributed by atoms with Crippen LogP contribution in [0, 0.1) is 5.92 Å². The number of hydrogen-bond donors (Lipinski definition) is 2. The van der Waals surface area contributed by atoms with E-state index in [1.807, 2.05) is 41.2 Å². The highest BCUT2D eigenvalue weighted by molar-refractivity contribution is 7.24. The van der Waals surface area contributed by atoms with Crippen molar-refractivity contribution in [2.24, 2.45) is 5.92 Å². The lowest BCUT2D eigenvalue weighted by molar-refractivity contribution is 0.0812. The zero-order valence-corrected chi connectivity index (χ0v) is 21.3. The largest absolute Gasteiger partial charge is 0.295 e. The molecule has 1 fully saturated rings. The predicted octanol–water partition coefficient (Wildman–Crippen LogP) is 7.00. The van der Waals surface area contributed by atoms with Gasteiger partial charge in [-0.3, -0.25) is 24.5 Å². The number of carbonyl (C=O) groups is 1. The van der Waals surface area contributed by atoms with Crippen LogP contribution in [0.4, 0.5) is 0 Å². The number of pyridine rings is 2. The second-order valence-electron chi connectivity index (χ2n) is 10.0.